The first-order chi connectivity index (χ1) is 15.3. The van der Waals surface area contributed by atoms with Crippen molar-refractivity contribution in [3.63, 3.8) is 0 Å². The number of aromatic nitrogens is 7. The van der Waals surface area contributed by atoms with Gasteiger partial charge in [0.25, 0.3) is 0 Å². The highest BCUT2D eigenvalue weighted by Gasteiger charge is 2.32. The van der Waals surface area contributed by atoms with E-state index in [1.165, 1.54) is 0 Å². The molecule has 2 aromatic heterocycles. The van der Waals surface area contributed by atoms with Gasteiger partial charge in [-0.05, 0) is 40.8 Å². The van der Waals surface area contributed by atoms with Crippen molar-refractivity contribution in [3.8, 4) is 11.4 Å². The molecule has 0 aliphatic carbocycles. The van der Waals surface area contributed by atoms with E-state index < -0.39 is 11.7 Å². The predicted molar refractivity (Wildman–Crippen MR) is 116 cm³/mol. The maximum absolute atomic E-state index is 13.8. The molecule has 32 heavy (non-hydrogen) atoms. The fraction of sp³-hybridized carbons (Fsp3) is 0.348. The van der Waals surface area contributed by atoms with Gasteiger partial charge < -0.3 is 0 Å². The average Bonchev–Trinajstić information content (AvgIpc) is 3.45. The van der Waals surface area contributed by atoms with Crippen molar-refractivity contribution in [2.75, 3.05) is 0 Å². The van der Waals surface area contributed by atoms with Crippen LogP contribution in [0.25, 0.3) is 11.4 Å². The molecule has 0 bridgehead atoms. The second kappa shape index (κ2) is 8.94. The van der Waals surface area contributed by atoms with Crippen molar-refractivity contribution in [1.29, 1.82) is 0 Å². The highest BCUT2D eigenvalue weighted by atomic mass is 19.3. The molecule has 0 aliphatic rings. The summed E-state index contributed by atoms with van der Waals surface area (Å²) in [4.78, 5) is 4.14. The first-order valence-electron chi connectivity index (χ1n) is 10.6. The number of tetrazole rings is 1. The van der Waals surface area contributed by atoms with Crippen molar-refractivity contribution in [3.05, 3.63) is 76.9 Å². The Morgan fingerprint density at radius 1 is 1.06 bits per heavy atom. The molecule has 0 fully saturated rings. The molecule has 0 amide bonds. The molecule has 2 heterocycles. The lowest BCUT2D eigenvalue weighted by Crippen LogP contribution is -2.11. The van der Waals surface area contributed by atoms with E-state index in [-0.39, 0.29) is 5.92 Å². The van der Waals surface area contributed by atoms with Gasteiger partial charge in [-0.25, -0.2) is 9.67 Å². The topological polar surface area (TPSA) is 85.2 Å². The zero-order valence-corrected chi connectivity index (χ0v) is 18.3. The molecule has 0 spiro atoms. The Bertz CT molecular complexity index is 1160. The van der Waals surface area contributed by atoms with Gasteiger partial charge in [0.05, 0.1) is 6.54 Å². The smallest absolute Gasteiger partial charge is 0.245 e. The zero-order valence-electron chi connectivity index (χ0n) is 18.3. The number of H-pyrrole nitrogens is 1. The molecule has 1 atom stereocenters. The summed E-state index contributed by atoms with van der Waals surface area (Å²) in [5.74, 6) is -2.29. The largest absolute Gasteiger partial charge is 0.305 e. The minimum atomic E-state index is -3.06. The lowest BCUT2D eigenvalue weighted by Gasteiger charge is -2.11. The maximum Gasteiger partial charge on any atom is 0.305 e. The van der Waals surface area contributed by atoms with Gasteiger partial charge in [-0.1, -0.05) is 56.3 Å². The first kappa shape index (κ1) is 21.7. The Hall–Kier alpha value is -3.49. The van der Waals surface area contributed by atoms with E-state index in [1.807, 2.05) is 56.3 Å². The van der Waals surface area contributed by atoms with Crippen LogP contribution >= 0.6 is 0 Å². The number of benzene rings is 2. The number of nitrogens with one attached hydrogen (secondary N) is 1. The van der Waals surface area contributed by atoms with E-state index in [4.69, 9.17) is 0 Å². The Labute approximate surface area is 184 Å². The van der Waals surface area contributed by atoms with Crippen LogP contribution in [0.15, 0.2) is 48.5 Å². The van der Waals surface area contributed by atoms with Crippen LogP contribution in [0.1, 0.15) is 61.4 Å². The maximum atomic E-state index is 13.8. The van der Waals surface area contributed by atoms with Crippen LogP contribution in [0.5, 0.6) is 0 Å². The third-order valence-electron chi connectivity index (χ3n) is 5.44. The second-order valence-corrected chi connectivity index (χ2v) is 8.08. The van der Waals surface area contributed by atoms with E-state index in [9.17, 15) is 8.78 Å². The van der Waals surface area contributed by atoms with Gasteiger partial charge in [-0.3, -0.25) is 0 Å². The number of rotatable bonds is 8. The summed E-state index contributed by atoms with van der Waals surface area (Å²) in [5, 5.41) is 18.2. The van der Waals surface area contributed by atoms with Crippen LogP contribution in [0.3, 0.4) is 0 Å². The van der Waals surface area contributed by atoms with Gasteiger partial charge in [0.1, 0.15) is 5.82 Å². The SMILES string of the molecule is CCC(C)c1nc(C(C)(F)F)nn1Cc1ccc(Cc2cccc(-c3nn[nH]n3)c2)cc1. The fourth-order valence-corrected chi connectivity index (χ4v) is 3.48. The van der Waals surface area contributed by atoms with Gasteiger partial charge in [-0.2, -0.15) is 14.0 Å². The molecule has 4 aromatic rings. The molecule has 1 unspecified atom stereocenters. The molecule has 7 nitrogen and oxygen atoms in total. The average molecular weight is 437 g/mol. The van der Waals surface area contributed by atoms with Crippen LogP contribution in [0, 0.1) is 0 Å². The van der Waals surface area contributed by atoms with Crippen molar-refractivity contribution in [2.24, 2.45) is 0 Å². The number of alkyl halides is 2. The number of aromatic amines is 1. The Morgan fingerprint density at radius 3 is 2.47 bits per heavy atom. The number of hydrogen-bond acceptors (Lipinski definition) is 5. The molecule has 0 saturated heterocycles. The first-order valence-corrected chi connectivity index (χ1v) is 10.6. The zero-order chi connectivity index (χ0) is 22.7. The summed E-state index contributed by atoms with van der Waals surface area (Å²) >= 11 is 0. The molecule has 166 valence electrons. The monoisotopic (exact) mass is 437 g/mol. The number of hydrogen-bond donors (Lipinski definition) is 1. The molecule has 9 heteroatoms. The predicted octanol–water partition coefficient (Wildman–Crippen LogP) is 4.72. The minimum Gasteiger partial charge on any atom is -0.245 e. The summed E-state index contributed by atoms with van der Waals surface area (Å²) in [5.41, 5.74) is 4.15. The third-order valence-corrected chi connectivity index (χ3v) is 5.44. The Kier molecular flexibility index (Phi) is 6.07. The van der Waals surface area contributed by atoms with Gasteiger partial charge in [-0.15, -0.1) is 15.3 Å². The number of nitrogens with zero attached hydrogens (tertiary/aromatic N) is 6. The summed E-state index contributed by atoms with van der Waals surface area (Å²) in [6, 6.07) is 16.1. The second-order valence-electron chi connectivity index (χ2n) is 8.08. The highest BCUT2D eigenvalue weighted by Crippen LogP contribution is 2.27. The Morgan fingerprint density at radius 2 is 1.81 bits per heavy atom. The molecule has 0 radical (unpaired) electrons. The van der Waals surface area contributed by atoms with Gasteiger partial charge in [0.2, 0.25) is 11.6 Å². The molecule has 0 saturated carbocycles. The molecular formula is C23H25F2N7. The molecule has 1 N–H and O–H groups in total. The van der Waals surface area contributed by atoms with Crippen molar-refractivity contribution in [2.45, 2.75) is 52.0 Å². The fourth-order valence-electron chi connectivity index (χ4n) is 3.48. The highest BCUT2D eigenvalue weighted by molar-refractivity contribution is 5.55. The van der Waals surface area contributed by atoms with E-state index in [0.29, 0.717) is 18.2 Å². The van der Waals surface area contributed by atoms with Crippen LogP contribution in [-0.4, -0.2) is 35.4 Å². The van der Waals surface area contributed by atoms with Crippen molar-refractivity contribution in [1.82, 2.24) is 35.4 Å². The van der Waals surface area contributed by atoms with Crippen molar-refractivity contribution < 1.29 is 8.78 Å². The quantitative estimate of drug-likeness (QED) is 0.431. The lowest BCUT2D eigenvalue weighted by molar-refractivity contribution is 0.00755. The van der Waals surface area contributed by atoms with Crippen molar-refractivity contribution >= 4 is 0 Å². The van der Waals surface area contributed by atoms with E-state index in [0.717, 1.165) is 42.0 Å². The molecule has 2 aromatic carbocycles. The van der Waals surface area contributed by atoms with E-state index >= 15 is 0 Å². The molecule has 0 aliphatic heterocycles. The Balaban J connectivity index is 1.50. The van der Waals surface area contributed by atoms with Gasteiger partial charge in [0.15, 0.2) is 0 Å². The lowest BCUT2D eigenvalue weighted by atomic mass is 10.0. The standard InChI is InChI=1S/C23H25F2N7/c1-4-15(2)21-26-22(23(3,24)25)29-32(21)14-17-10-8-16(9-11-17)12-18-6-5-7-19(13-18)20-27-30-31-28-20/h5-11,13,15H,4,12,14H2,1-3H3,(H,27,28,30,31). The normalized spacial score (nSPS) is 12.8. The summed E-state index contributed by atoms with van der Waals surface area (Å²) < 4.78 is 29.2. The number of halogens is 2. The summed E-state index contributed by atoms with van der Waals surface area (Å²) in [6.07, 6.45) is 1.55. The van der Waals surface area contributed by atoms with Crippen LogP contribution in [0.4, 0.5) is 8.78 Å². The van der Waals surface area contributed by atoms with Crippen LogP contribution in [-0.2, 0) is 18.9 Å². The van der Waals surface area contributed by atoms with E-state index in [1.54, 1.807) is 4.68 Å². The van der Waals surface area contributed by atoms with Crippen LogP contribution < -0.4 is 0 Å². The summed E-state index contributed by atoms with van der Waals surface area (Å²) in [7, 11) is 0. The van der Waals surface area contributed by atoms with E-state index in [2.05, 4.69) is 36.8 Å². The van der Waals surface area contributed by atoms with Crippen LogP contribution in [0.2, 0.25) is 0 Å². The third kappa shape index (κ3) is 4.87. The molecule has 4 rings (SSSR count). The molecular weight excluding hydrogens is 412 g/mol. The minimum absolute atomic E-state index is 0.0457. The van der Waals surface area contributed by atoms with Gasteiger partial charge in [0, 0.05) is 18.4 Å². The van der Waals surface area contributed by atoms with Gasteiger partial charge >= 0.3 is 5.92 Å². The summed E-state index contributed by atoms with van der Waals surface area (Å²) in [6.45, 7) is 5.21.